The van der Waals surface area contributed by atoms with Crippen molar-refractivity contribution in [1.29, 1.82) is 0 Å². The van der Waals surface area contributed by atoms with Gasteiger partial charge in [-0.3, -0.25) is 4.79 Å². The molecule has 0 saturated heterocycles. The van der Waals surface area contributed by atoms with Crippen molar-refractivity contribution in [2.24, 2.45) is 0 Å². The molecule has 0 radical (unpaired) electrons. The fraction of sp³-hybridized carbons (Fsp3) is 0.0588. The Bertz CT molecular complexity index is 927. The lowest BCUT2D eigenvalue weighted by atomic mass is 10.1. The molecule has 0 saturated carbocycles. The molecular formula is C17H12ClN5O. The Hall–Kier alpha value is -2.99. The van der Waals surface area contributed by atoms with Crippen molar-refractivity contribution in [3.05, 3.63) is 59.5 Å². The van der Waals surface area contributed by atoms with Crippen LogP contribution in [0.4, 0.5) is 17.3 Å². The van der Waals surface area contributed by atoms with E-state index in [1.807, 2.05) is 24.3 Å². The van der Waals surface area contributed by atoms with E-state index < -0.39 is 0 Å². The third-order valence-corrected chi connectivity index (χ3v) is 3.88. The van der Waals surface area contributed by atoms with Crippen LogP contribution in [0.1, 0.15) is 5.56 Å². The standard InChI is InChI=1S/C17H12ClN5O/c18-14-6-5-11(9-19-14)21-17-20-8-10-7-15(24)22-13-4-2-1-3-12(13)16(10)23-17/h1-6,8-9H,7H2,(H,22,24)(H,20,21,23). The van der Waals surface area contributed by atoms with Gasteiger partial charge in [0.25, 0.3) is 0 Å². The summed E-state index contributed by atoms with van der Waals surface area (Å²) < 4.78 is 0. The fourth-order valence-corrected chi connectivity index (χ4v) is 2.69. The number of carbonyl (C=O) groups excluding carboxylic acids is 1. The molecule has 0 spiro atoms. The summed E-state index contributed by atoms with van der Waals surface area (Å²) in [5, 5.41) is 6.41. The number of amides is 1. The molecule has 4 rings (SSSR count). The van der Waals surface area contributed by atoms with E-state index in [2.05, 4.69) is 25.6 Å². The summed E-state index contributed by atoms with van der Waals surface area (Å²) in [5.74, 6) is 0.356. The van der Waals surface area contributed by atoms with Gasteiger partial charge in [-0.2, -0.15) is 0 Å². The minimum Gasteiger partial charge on any atom is -0.325 e. The van der Waals surface area contributed by atoms with E-state index in [4.69, 9.17) is 11.6 Å². The molecule has 7 heteroatoms. The van der Waals surface area contributed by atoms with Crippen LogP contribution in [0.5, 0.6) is 0 Å². The molecule has 3 heterocycles. The number of rotatable bonds is 2. The van der Waals surface area contributed by atoms with Crippen LogP contribution in [0.25, 0.3) is 11.3 Å². The lowest BCUT2D eigenvalue weighted by Crippen LogP contribution is -2.12. The first-order valence-corrected chi connectivity index (χ1v) is 7.70. The lowest BCUT2D eigenvalue weighted by molar-refractivity contribution is -0.115. The topological polar surface area (TPSA) is 79.8 Å². The first-order chi connectivity index (χ1) is 11.7. The Morgan fingerprint density at radius 1 is 1.08 bits per heavy atom. The van der Waals surface area contributed by atoms with E-state index >= 15 is 0 Å². The van der Waals surface area contributed by atoms with Crippen LogP contribution in [0.3, 0.4) is 0 Å². The summed E-state index contributed by atoms with van der Waals surface area (Å²) in [7, 11) is 0. The van der Waals surface area contributed by atoms with Crippen molar-refractivity contribution in [2.75, 3.05) is 10.6 Å². The van der Waals surface area contributed by atoms with Crippen molar-refractivity contribution in [3.8, 4) is 11.3 Å². The Balaban J connectivity index is 1.76. The van der Waals surface area contributed by atoms with Crippen LogP contribution < -0.4 is 10.6 Å². The SMILES string of the molecule is O=C1Cc2cnc(Nc3ccc(Cl)nc3)nc2-c2ccccc2N1. The first-order valence-electron chi connectivity index (χ1n) is 7.33. The molecule has 6 nitrogen and oxygen atoms in total. The Labute approximate surface area is 142 Å². The van der Waals surface area contributed by atoms with Gasteiger partial charge in [-0.1, -0.05) is 29.8 Å². The summed E-state index contributed by atoms with van der Waals surface area (Å²) in [6, 6.07) is 11.1. The summed E-state index contributed by atoms with van der Waals surface area (Å²) in [6.45, 7) is 0. The average Bonchev–Trinajstić information content (AvgIpc) is 2.72. The maximum Gasteiger partial charge on any atom is 0.228 e. The molecule has 24 heavy (non-hydrogen) atoms. The molecule has 0 atom stereocenters. The van der Waals surface area contributed by atoms with Gasteiger partial charge in [-0.05, 0) is 18.2 Å². The second-order valence-corrected chi connectivity index (χ2v) is 5.72. The zero-order valence-corrected chi connectivity index (χ0v) is 13.2. The summed E-state index contributed by atoms with van der Waals surface area (Å²) in [5.41, 5.74) is 3.88. The molecule has 2 aromatic heterocycles. The molecule has 3 aromatic rings. The molecule has 0 aliphatic carbocycles. The van der Waals surface area contributed by atoms with Gasteiger partial charge in [-0.25, -0.2) is 15.0 Å². The molecule has 1 amide bonds. The number of benzene rings is 1. The van der Waals surface area contributed by atoms with Crippen molar-refractivity contribution >= 4 is 34.8 Å². The second kappa shape index (κ2) is 5.90. The van der Waals surface area contributed by atoms with Gasteiger partial charge in [0, 0.05) is 17.3 Å². The van der Waals surface area contributed by atoms with Crippen LogP contribution in [0.2, 0.25) is 5.15 Å². The number of anilines is 3. The summed E-state index contributed by atoms with van der Waals surface area (Å²) >= 11 is 5.79. The number of pyridine rings is 1. The molecule has 0 bridgehead atoms. The molecule has 1 aromatic carbocycles. The van der Waals surface area contributed by atoms with Gasteiger partial charge < -0.3 is 10.6 Å². The molecule has 0 fully saturated rings. The highest BCUT2D eigenvalue weighted by Crippen LogP contribution is 2.32. The van der Waals surface area contributed by atoms with Crippen LogP contribution >= 0.6 is 11.6 Å². The molecule has 0 unspecified atom stereocenters. The van der Waals surface area contributed by atoms with Crippen LogP contribution in [-0.4, -0.2) is 20.9 Å². The van der Waals surface area contributed by atoms with Crippen LogP contribution in [0, 0.1) is 0 Å². The number of para-hydroxylation sites is 1. The number of halogens is 1. The van der Waals surface area contributed by atoms with E-state index in [1.54, 1.807) is 24.5 Å². The number of carbonyl (C=O) groups is 1. The number of nitrogens with one attached hydrogen (secondary N) is 2. The van der Waals surface area contributed by atoms with Gasteiger partial charge in [0.15, 0.2) is 0 Å². The molecule has 1 aliphatic rings. The highest BCUT2D eigenvalue weighted by molar-refractivity contribution is 6.29. The predicted molar refractivity (Wildman–Crippen MR) is 92.3 cm³/mol. The highest BCUT2D eigenvalue weighted by atomic mass is 35.5. The van der Waals surface area contributed by atoms with Crippen LogP contribution in [-0.2, 0) is 11.2 Å². The maximum atomic E-state index is 12.0. The second-order valence-electron chi connectivity index (χ2n) is 5.33. The van der Waals surface area contributed by atoms with Gasteiger partial charge in [-0.15, -0.1) is 0 Å². The van der Waals surface area contributed by atoms with E-state index in [9.17, 15) is 4.79 Å². The van der Waals surface area contributed by atoms with E-state index in [0.717, 1.165) is 28.2 Å². The molecule has 2 N–H and O–H groups in total. The van der Waals surface area contributed by atoms with Crippen molar-refractivity contribution in [1.82, 2.24) is 15.0 Å². The Morgan fingerprint density at radius 3 is 2.79 bits per heavy atom. The fourth-order valence-electron chi connectivity index (χ4n) is 2.57. The molecular weight excluding hydrogens is 326 g/mol. The van der Waals surface area contributed by atoms with Crippen molar-refractivity contribution in [2.45, 2.75) is 6.42 Å². The predicted octanol–water partition coefficient (Wildman–Crippen LogP) is 3.43. The number of fused-ring (bicyclic) bond motifs is 3. The Kier molecular flexibility index (Phi) is 3.59. The minimum absolute atomic E-state index is 0.0765. The van der Waals surface area contributed by atoms with E-state index in [0.29, 0.717) is 11.1 Å². The zero-order chi connectivity index (χ0) is 16.5. The zero-order valence-electron chi connectivity index (χ0n) is 12.5. The largest absolute Gasteiger partial charge is 0.325 e. The summed E-state index contributed by atoms with van der Waals surface area (Å²) in [4.78, 5) is 24.9. The number of hydrogen-bond acceptors (Lipinski definition) is 5. The maximum absolute atomic E-state index is 12.0. The van der Waals surface area contributed by atoms with Gasteiger partial charge >= 0.3 is 0 Å². The monoisotopic (exact) mass is 337 g/mol. The van der Waals surface area contributed by atoms with Gasteiger partial charge in [0.2, 0.25) is 11.9 Å². The lowest BCUT2D eigenvalue weighted by Gasteiger charge is -2.10. The Morgan fingerprint density at radius 2 is 1.96 bits per heavy atom. The number of aromatic nitrogens is 3. The normalized spacial score (nSPS) is 12.6. The third kappa shape index (κ3) is 2.79. The van der Waals surface area contributed by atoms with Crippen molar-refractivity contribution < 1.29 is 4.79 Å². The molecule has 1 aliphatic heterocycles. The quantitative estimate of drug-likeness (QED) is 0.700. The van der Waals surface area contributed by atoms with Crippen LogP contribution in [0.15, 0.2) is 48.8 Å². The number of nitrogens with zero attached hydrogens (tertiary/aromatic N) is 3. The van der Waals surface area contributed by atoms with Gasteiger partial charge in [0.05, 0.1) is 29.7 Å². The first kappa shape index (κ1) is 14.6. The van der Waals surface area contributed by atoms with Gasteiger partial charge in [0.1, 0.15) is 5.15 Å². The third-order valence-electron chi connectivity index (χ3n) is 3.66. The minimum atomic E-state index is -0.0765. The average molecular weight is 338 g/mol. The van der Waals surface area contributed by atoms with Crippen molar-refractivity contribution in [3.63, 3.8) is 0 Å². The molecule has 118 valence electrons. The summed E-state index contributed by atoms with van der Waals surface area (Å²) in [6.07, 6.45) is 3.53. The van der Waals surface area contributed by atoms with E-state index in [-0.39, 0.29) is 12.3 Å². The highest BCUT2D eigenvalue weighted by Gasteiger charge is 2.20. The number of hydrogen-bond donors (Lipinski definition) is 2. The van der Waals surface area contributed by atoms with E-state index in [1.165, 1.54) is 0 Å². The smallest absolute Gasteiger partial charge is 0.228 e.